The van der Waals surface area contributed by atoms with E-state index >= 15 is 0 Å². The van der Waals surface area contributed by atoms with Crippen LogP contribution in [0.15, 0.2) is 55.8 Å². The fourth-order valence-electron chi connectivity index (χ4n) is 2.61. The maximum absolute atomic E-state index is 12.3. The van der Waals surface area contributed by atoms with Crippen molar-refractivity contribution in [2.75, 3.05) is 6.26 Å². The van der Waals surface area contributed by atoms with E-state index in [1.54, 1.807) is 24.3 Å². The van der Waals surface area contributed by atoms with Crippen LogP contribution in [0, 0.1) is 15.5 Å². The number of amides is 1. The van der Waals surface area contributed by atoms with Crippen molar-refractivity contribution in [3.8, 4) is 11.3 Å². The first-order valence-electron chi connectivity index (χ1n) is 7.85. The minimum atomic E-state index is -0.533. The fourth-order valence-corrected chi connectivity index (χ4v) is 4.06. The maximum atomic E-state index is 12.3. The lowest BCUT2D eigenvalue weighted by Gasteiger charge is -2.23. The molecule has 2 aliphatic rings. The molecule has 3 heterocycles. The van der Waals surface area contributed by atoms with Crippen molar-refractivity contribution in [3.63, 3.8) is 0 Å². The summed E-state index contributed by atoms with van der Waals surface area (Å²) in [5.74, 6) is 0.314. The lowest BCUT2D eigenvalue weighted by Crippen LogP contribution is -2.41. The first-order chi connectivity index (χ1) is 13.5. The molecule has 9 nitrogen and oxygen atoms in total. The van der Waals surface area contributed by atoms with Crippen LogP contribution in [0.1, 0.15) is 5.76 Å². The van der Waals surface area contributed by atoms with Gasteiger partial charge in [-0.3, -0.25) is 20.3 Å². The van der Waals surface area contributed by atoms with Gasteiger partial charge in [-0.15, -0.1) is 0 Å². The van der Waals surface area contributed by atoms with Gasteiger partial charge in [-0.05, 0) is 36.6 Å². The van der Waals surface area contributed by atoms with Gasteiger partial charge in [0, 0.05) is 17.7 Å². The molecule has 0 atom stereocenters. The average molecular weight is 413 g/mol. The molecule has 1 aromatic heterocycles. The van der Waals surface area contributed by atoms with Gasteiger partial charge >= 0.3 is 0 Å². The van der Waals surface area contributed by atoms with E-state index in [-0.39, 0.29) is 17.1 Å². The molecule has 0 radical (unpaired) electrons. The standard InChI is InChI=1S/C17H11N5O4S2/c1-27-17-20-28-16-19-15(23)12(14(18)21(16)17)8-11-6-7-13(26-11)9-2-4-10(5-3-9)22(24)25/h2-8,18H,1H3/b12-8-,18-14?. The molecule has 0 saturated carbocycles. The molecule has 0 spiro atoms. The number of non-ortho nitro benzene ring substituents is 1. The number of furan rings is 1. The number of carbonyl (C=O) groups is 1. The third-order valence-electron chi connectivity index (χ3n) is 3.95. The molecule has 0 bridgehead atoms. The van der Waals surface area contributed by atoms with Gasteiger partial charge in [0.05, 0.1) is 22.4 Å². The monoisotopic (exact) mass is 413 g/mol. The molecule has 4 rings (SSSR count). The van der Waals surface area contributed by atoms with E-state index in [4.69, 9.17) is 9.83 Å². The minimum Gasteiger partial charge on any atom is -0.457 e. The summed E-state index contributed by atoms with van der Waals surface area (Å²) in [4.78, 5) is 28.1. The molecule has 0 fully saturated rings. The van der Waals surface area contributed by atoms with Gasteiger partial charge in [0.1, 0.15) is 17.4 Å². The summed E-state index contributed by atoms with van der Waals surface area (Å²) >= 11 is 2.42. The number of rotatable bonds is 3. The lowest BCUT2D eigenvalue weighted by molar-refractivity contribution is -0.384. The summed E-state index contributed by atoms with van der Waals surface area (Å²) < 4.78 is 9.92. The van der Waals surface area contributed by atoms with E-state index in [0.717, 1.165) is 11.9 Å². The third-order valence-corrected chi connectivity index (χ3v) is 5.41. The highest BCUT2D eigenvalue weighted by atomic mass is 32.2. The first kappa shape index (κ1) is 18.2. The summed E-state index contributed by atoms with van der Waals surface area (Å²) in [6.45, 7) is 0. The average Bonchev–Trinajstić information content (AvgIpc) is 3.32. The highest BCUT2D eigenvalue weighted by Crippen LogP contribution is 2.32. The molecule has 0 saturated heterocycles. The van der Waals surface area contributed by atoms with Gasteiger partial charge in [-0.2, -0.15) is 9.39 Å². The van der Waals surface area contributed by atoms with E-state index in [1.807, 2.05) is 6.26 Å². The predicted octanol–water partition coefficient (Wildman–Crippen LogP) is 3.79. The number of nitro groups is 1. The van der Waals surface area contributed by atoms with Gasteiger partial charge in [0.25, 0.3) is 11.6 Å². The highest BCUT2D eigenvalue weighted by molar-refractivity contribution is 8.18. The zero-order valence-electron chi connectivity index (χ0n) is 14.3. The quantitative estimate of drug-likeness (QED) is 0.351. The van der Waals surface area contributed by atoms with Crippen molar-refractivity contribution in [3.05, 3.63) is 57.8 Å². The minimum absolute atomic E-state index is 0.0118. The van der Waals surface area contributed by atoms with Crippen LogP contribution in [0.4, 0.5) is 5.69 Å². The summed E-state index contributed by atoms with van der Waals surface area (Å²) in [5.41, 5.74) is 0.744. The number of aliphatic imine (C=N–C) groups is 1. The molecule has 140 valence electrons. The van der Waals surface area contributed by atoms with E-state index in [2.05, 4.69) is 9.39 Å². The number of fused-ring (bicyclic) bond motifs is 1. The molecule has 2 aliphatic heterocycles. The Bertz CT molecular complexity index is 1100. The second-order valence-corrected chi connectivity index (χ2v) is 7.12. The van der Waals surface area contributed by atoms with Crippen LogP contribution in [0.3, 0.4) is 0 Å². The van der Waals surface area contributed by atoms with Gasteiger partial charge in [0.15, 0.2) is 5.17 Å². The van der Waals surface area contributed by atoms with Crippen molar-refractivity contribution >= 4 is 57.6 Å². The van der Waals surface area contributed by atoms with Crippen molar-refractivity contribution in [1.29, 1.82) is 5.41 Å². The first-order valence-corrected chi connectivity index (χ1v) is 9.85. The maximum Gasteiger partial charge on any atom is 0.283 e. The Balaban J connectivity index is 1.63. The number of carbonyl (C=O) groups excluding carboxylic acids is 1. The molecule has 1 amide bonds. The Kier molecular flexibility index (Phi) is 4.61. The van der Waals surface area contributed by atoms with E-state index < -0.39 is 10.8 Å². The highest BCUT2D eigenvalue weighted by Gasteiger charge is 2.37. The third kappa shape index (κ3) is 3.14. The number of nitrogens with zero attached hydrogens (tertiary/aromatic N) is 4. The molecule has 1 N–H and O–H groups in total. The number of thioether (sulfide) groups is 1. The second-order valence-electron chi connectivity index (χ2n) is 5.62. The Morgan fingerprint density at radius 2 is 2.04 bits per heavy atom. The smallest absolute Gasteiger partial charge is 0.283 e. The number of benzene rings is 1. The lowest BCUT2D eigenvalue weighted by atomic mass is 10.1. The van der Waals surface area contributed by atoms with Crippen molar-refractivity contribution in [2.24, 2.45) is 9.39 Å². The van der Waals surface area contributed by atoms with Crippen LogP contribution in [0.2, 0.25) is 0 Å². The van der Waals surface area contributed by atoms with E-state index in [1.165, 1.54) is 34.9 Å². The van der Waals surface area contributed by atoms with Crippen LogP contribution in [0.5, 0.6) is 0 Å². The number of amidine groups is 3. The van der Waals surface area contributed by atoms with Gasteiger partial charge in [0.2, 0.25) is 5.17 Å². The molecular formula is C17H11N5O4S2. The second kappa shape index (κ2) is 7.09. The zero-order chi connectivity index (χ0) is 19.8. The number of hydrogen-bond donors (Lipinski definition) is 1. The molecule has 0 aliphatic carbocycles. The number of nitrogens with one attached hydrogen (secondary N) is 1. The molecular weight excluding hydrogens is 402 g/mol. The fraction of sp³-hybridized carbons (Fsp3) is 0.0588. The van der Waals surface area contributed by atoms with Crippen LogP contribution in [0.25, 0.3) is 17.4 Å². The van der Waals surface area contributed by atoms with Crippen molar-refractivity contribution in [2.45, 2.75) is 0 Å². The van der Waals surface area contributed by atoms with Gasteiger partial charge in [-0.1, -0.05) is 11.8 Å². The molecule has 11 heteroatoms. The SMILES string of the molecule is CSC1=NSC2=NC(=O)/C(=C\c3ccc(-c4ccc([N+](=O)[O-])cc4)o3)C(=N)N12. The van der Waals surface area contributed by atoms with E-state index in [9.17, 15) is 14.9 Å². The molecule has 1 aromatic carbocycles. The largest absolute Gasteiger partial charge is 0.457 e. The van der Waals surface area contributed by atoms with Crippen LogP contribution < -0.4 is 0 Å². The Labute approximate surface area is 167 Å². The predicted molar refractivity (Wildman–Crippen MR) is 109 cm³/mol. The van der Waals surface area contributed by atoms with Crippen LogP contribution >= 0.6 is 23.7 Å². The number of nitro benzene ring substituents is 1. The normalized spacial score (nSPS) is 17.6. The van der Waals surface area contributed by atoms with Gasteiger partial charge in [-0.25, -0.2) is 4.90 Å². The van der Waals surface area contributed by atoms with Crippen LogP contribution in [-0.2, 0) is 4.79 Å². The zero-order valence-corrected chi connectivity index (χ0v) is 15.9. The van der Waals surface area contributed by atoms with Gasteiger partial charge < -0.3 is 4.42 Å². The molecule has 28 heavy (non-hydrogen) atoms. The van der Waals surface area contributed by atoms with Crippen molar-refractivity contribution in [1.82, 2.24) is 4.90 Å². The van der Waals surface area contributed by atoms with Crippen molar-refractivity contribution < 1.29 is 14.1 Å². The number of hydrogen-bond acceptors (Lipinski definition) is 8. The Morgan fingerprint density at radius 3 is 2.71 bits per heavy atom. The summed E-state index contributed by atoms with van der Waals surface area (Å²) in [5, 5.41) is 20.1. The summed E-state index contributed by atoms with van der Waals surface area (Å²) in [6, 6.07) is 9.30. The summed E-state index contributed by atoms with van der Waals surface area (Å²) in [6.07, 6.45) is 3.29. The van der Waals surface area contributed by atoms with E-state index in [0.29, 0.717) is 27.4 Å². The molecule has 0 unspecified atom stereocenters. The van der Waals surface area contributed by atoms with Crippen LogP contribution in [-0.4, -0.2) is 38.2 Å². The topological polar surface area (TPSA) is 125 Å². The summed E-state index contributed by atoms with van der Waals surface area (Å²) in [7, 11) is 0. The Morgan fingerprint density at radius 1 is 1.29 bits per heavy atom. The Hall–Kier alpha value is -3.18. The molecule has 2 aromatic rings.